The van der Waals surface area contributed by atoms with Crippen LogP contribution >= 0.6 is 9.12 Å². The van der Waals surface area contributed by atoms with Crippen molar-refractivity contribution in [3.05, 3.63) is 6.92 Å². The third kappa shape index (κ3) is 6.05. The molecular weight excluding hydrogens is 252 g/mol. The lowest BCUT2D eigenvalue weighted by atomic mass is 10.0. The second kappa shape index (κ2) is 6.76. The lowest BCUT2D eigenvalue weighted by Crippen LogP contribution is -2.40. The molecule has 0 amide bonds. The molecule has 5 nitrogen and oxygen atoms in total. The van der Waals surface area contributed by atoms with Crippen molar-refractivity contribution in [3.8, 4) is 0 Å². The fourth-order valence-corrected chi connectivity index (χ4v) is 2.30. The highest BCUT2D eigenvalue weighted by Crippen LogP contribution is 2.24. The van der Waals surface area contributed by atoms with Crippen molar-refractivity contribution < 1.29 is 18.8 Å². The molecule has 102 valence electrons. The molecule has 1 fully saturated rings. The third-order valence-corrected chi connectivity index (χ3v) is 2.77. The number of nitrogens with two attached hydrogens (primary N) is 1. The van der Waals surface area contributed by atoms with Crippen LogP contribution < -0.4 is 5.73 Å². The standard InChI is InChI=1S/C11H22BNO4P/c1-11(2,3)15-10(14)7-9-6-8(4-5-13)16-12(18)17-9/h8-9H,1,4-7,13,18H2,2-3H3/q+1/t8-,9-/m1/s1. The Morgan fingerprint density at radius 3 is 2.72 bits per heavy atom. The first-order valence-corrected chi connectivity index (χ1v) is 6.80. The van der Waals surface area contributed by atoms with Crippen molar-refractivity contribution in [1.29, 1.82) is 0 Å². The van der Waals surface area contributed by atoms with Crippen molar-refractivity contribution in [3.63, 3.8) is 0 Å². The zero-order chi connectivity index (χ0) is 13.8. The Balaban J connectivity index is 2.43. The average Bonchev–Trinajstić information content (AvgIpc) is 2.12. The highest BCUT2D eigenvalue weighted by Gasteiger charge is 2.33. The summed E-state index contributed by atoms with van der Waals surface area (Å²) in [5, 5.41) is 0. The van der Waals surface area contributed by atoms with E-state index in [1.807, 2.05) is 0 Å². The van der Waals surface area contributed by atoms with Crippen molar-refractivity contribution in [2.45, 2.75) is 50.9 Å². The van der Waals surface area contributed by atoms with E-state index in [1.54, 1.807) is 13.8 Å². The summed E-state index contributed by atoms with van der Waals surface area (Å²) in [6, 6.07) is 0. The Bertz CT molecular complexity index is 285. The fraction of sp³-hybridized carbons (Fsp3) is 0.818. The largest absolute Gasteiger partial charge is 0.479 e. The van der Waals surface area contributed by atoms with Gasteiger partial charge in [0.25, 0.3) is 0 Å². The molecule has 0 aliphatic carbocycles. The van der Waals surface area contributed by atoms with Crippen LogP contribution in [0.1, 0.15) is 33.1 Å². The van der Waals surface area contributed by atoms with Gasteiger partial charge in [0.1, 0.15) is 6.92 Å². The fourth-order valence-electron chi connectivity index (χ4n) is 1.85. The van der Waals surface area contributed by atoms with E-state index in [2.05, 4.69) is 16.0 Å². The van der Waals surface area contributed by atoms with Crippen molar-refractivity contribution in [1.82, 2.24) is 0 Å². The van der Waals surface area contributed by atoms with Crippen LogP contribution in [0.5, 0.6) is 0 Å². The van der Waals surface area contributed by atoms with E-state index in [1.165, 1.54) is 0 Å². The summed E-state index contributed by atoms with van der Waals surface area (Å²) in [5.41, 5.74) is 4.80. The van der Waals surface area contributed by atoms with E-state index in [0.717, 1.165) is 6.42 Å². The van der Waals surface area contributed by atoms with E-state index in [9.17, 15) is 4.79 Å². The highest BCUT2D eigenvalue weighted by molar-refractivity contribution is 7.58. The predicted octanol–water partition coefficient (Wildman–Crippen LogP) is 0.915. The number of ether oxygens (including phenoxy) is 1. The molecule has 0 saturated carbocycles. The van der Waals surface area contributed by atoms with E-state index in [4.69, 9.17) is 19.8 Å². The molecule has 2 N–H and O–H groups in total. The van der Waals surface area contributed by atoms with Crippen LogP contribution in [0.15, 0.2) is 0 Å². The molecule has 1 unspecified atom stereocenters. The van der Waals surface area contributed by atoms with Gasteiger partial charge in [0.2, 0.25) is 5.60 Å². The predicted molar refractivity (Wildman–Crippen MR) is 73.6 cm³/mol. The Kier molecular flexibility index (Phi) is 5.92. The lowest BCUT2D eigenvalue weighted by Gasteiger charge is -2.32. The van der Waals surface area contributed by atoms with Crippen LogP contribution in [0.2, 0.25) is 0 Å². The van der Waals surface area contributed by atoms with Crippen LogP contribution in [-0.4, -0.2) is 37.2 Å². The van der Waals surface area contributed by atoms with Gasteiger partial charge in [-0.1, -0.05) is 0 Å². The Labute approximate surface area is 111 Å². The molecule has 1 rings (SSSR count). The second-order valence-electron chi connectivity index (χ2n) is 5.14. The Morgan fingerprint density at radius 2 is 2.17 bits per heavy atom. The normalized spacial score (nSPS) is 25.0. The van der Waals surface area contributed by atoms with Gasteiger partial charge in [-0.25, -0.2) is 0 Å². The summed E-state index contributed by atoms with van der Waals surface area (Å²) >= 11 is 0. The molecule has 1 aliphatic rings. The molecule has 0 aromatic carbocycles. The molecule has 0 aromatic heterocycles. The maximum Gasteiger partial charge on any atom is 0.479 e. The van der Waals surface area contributed by atoms with E-state index >= 15 is 0 Å². The van der Waals surface area contributed by atoms with Gasteiger partial charge in [-0.2, -0.15) is 0 Å². The summed E-state index contributed by atoms with van der Waals surface area (Å²) in [5.74, 6) is -0.300. The maximum atomic E-state index is 11.7. The molecule has 18 heavy (non-hydrogen) atoms. The first-order chi connectivity index (χ1) is 8.30. The summed E-state index contributed by atoms with van der Waals surface area (Å²) in [4.78, 5) is 11.7. The van der Waals surface area contributed by atoms with Crippen LogP contribution in [0.3, 0.4) is 0 Å². The molecule has 1 heterocycles. The first-order valence-electron chi connectivity index (χ1n) is 6.14. The highest BCUT2D eigenvalue weighted by atomic mass is 31.0. The summed E-state index contributed by atoms with van der Waals surface area (Å²) in [6.07, 6.45) is 1.49. The van der Waals surface area contributed by atoms with Gasteiger partial charge in [-0.3, -0.25) is 4.79 Å². The zero-order valence-corrected chi connectivity index (χ0v) is 12.2. The first kappa shape index (κ1) is 15.8. The number of esters is 1. The van der Waals surface area contributed by atoms with Crippen LogP contribution in [-0.2, 0) is 18.8 Å². The molecule has 1 saturated heterocycles. The minimum absolute atomic E-state index is 0.0387. The summed E-state index contributed by atoms with van der Waals surface area (Å²) in [6.45, 7) is 7.39. The zero-order valence-electron chi connectivity index (χ0n) is 11.1. The molecule has 7 heteroatoms. The quantitative estimate of drug-likeness (QED) is 0.349. The van der Waals surface area contributed by atoms with Gasteiger partial charge in [-0.05, 0) is 19.4 Å². The Morgan fingerprint density at radius 1 is 1.56 bits per heavy atom. The number of hydrogen-bond acceptors (Lipinski definition) is 5. The SMILES string of the molecule is [CH2+]C(C)(C)OC(=O)C[C@H]1C[C@@H](CCN)OB(P)O1. The van der Waals surface area contributed by atoms with Gasteiger partial charge >= 0.3 is 12.8 Å². The van der Waals surface area contributed by atoms with Crippen molar-refractivity contribution in [2.75, 3.05) is 6.54 Å². The molecule has 0 aromatic rings. The van der Waals surface area contributed by atoms with E-state index in [-0.39, 0.29) is 31.4 Å². The molecule has 0 radical (unpaired) electrons. The number of carbonyl (C=O) groups excluding carboxylic acids is 1. The van der Waals surface area contributed by atoms with E-state index < -0.39 is 5.60 Å². The number of hydrogen-bond donors (Lipinski definition) is 1. The van der Waals surface area contributed by atoms with Crippen LogP contribution in [0, 0.1) is 6.92 Å². The monoisotopic (exact) mass is 274 g/mol. The molecule has 1 aliphatic heterocycles. The topological polar surface area (TPSA) is 70.8 Å². The smallest absolute Gasteiger partial charge is 0.419 e. The molecular formula is C11H22BNO4P+. The molecule has 0 spiro atoms. The summed E-state index contributed by atoms with van der Waals surface area (Å²) < 4.78 is 16.2. The Hall–Kier alpha value is -0.285. The van der Waals surface area contributed by atoms with Crippen LogP contribution in [0.4, 0.5) is 0 Å². The van der Waals surface area contributed by atoms with Gasteiger partial charge in [0.05, 0.1) is 12.5 Å². The van der Waals surface area contributed by atoms with Gasteiger partial charge in [-0.15, -0.1) is 9.12 Å². The minimum Gasteiger partial charge on any atom is -0.419 e. The van der Waals surface area contributed by atoms with Crippen LogP contribution in [0.25, 0.3) is 0 Å². The van der Waals surface area contributed by atoms with Gasteiger partial charge in [0, 0.05) is 20.0 Å². The molecule has 3 atom stereocenters. The number of rotatable bonds is 5. The maximum absolute atomic E-state index is 11.7. The van der Waals surface area contributed by atoms with Gasteiger partial charge < -0.3 is 19.8 Å². The second-order valence-corrected chi connectivity index (χ2v) is 5.68. The number of carbonyl (C=O) groups is 1. The van der Waals surface area contributed by atoms with Crippen molar-refractivity contribution in [2.24, 2.45) is 5.73 Å². The molecule has 0 bridgehead atoms. The third-order valence-electron chi connectivity index (χ3n) is 2.45. The van der Waals surface area contributed by atoms with Gasteiger partial charge in [0.15, 0.2) is 0 Å². The summed E-state index contributed by atoms with van der Waals surface area (Å²) in [7, 11) is 2.45. The van der Waals surface area contributed by atoms with Crippen molar-refractivity contribution >= 4 is 21.9 Å². The average molecular weight is 274 g/mol. The lowest BCUT2D eigenvalue weighted by molar-refractivity contribution is -0.155. The minimum atomic E-state index is -0.709. The van der Waals surface area contributed by atoms with E-state index in [0.29, 0.717) is 13.0 Å².